The summed E-state index contributed by atoms with van der Waals surface area (Å²) in [4.78, 5) is 30.8. The molecule has 156 valence electrons. The summed E-state index contributed by atoms with van der Waals surface area (Å²) in [6.45, 7) is 5.63. The molecule has 2 aromatic carbocycles. The maximum Gasteiger partial charge on any atom is 0.283 e. The monoisotopic (exact) mass is 422 g/mol. The van der Waals surface area contributed by atoms with Crippen LogP contribution >= 0.6 is 11.8 Å². The van der Waals surface area contributed by atoms with Gasteiger partial charge in [0.05, 0.1) is 12.8 Å². The Balaban J connectivity index is 1.91. The highest BCUT2D eigenvalue weighted by molar-refractivity contribution is 8.14. The van der Waals surface area contributed by atoms with Gasteiger partial charge in [0.1, 0.15) is 17.2 Å². The maximum absolute atomic E-state index is 13.3. The van der Waals surface area contributed by atoms with Crippen LogP contribution in [0.3, 0.4) is 0 Å². The number of benzene rings is 2. The lowest BCUT2D eigenvalue weighted by molar-refractivity contribution is -0.117. The van der Waals surface area contributed by atoms with Crippen LogP contribution in [0.2, 0.25) is 0 Å². The summed E-state index contributed by atoms with van der Waals surface area (Å²) in [6, 6.07) is 13.6. The van der Waals surface area contributed by atoms with E-state index >= 15 is 0 Å². The summed E-state index contributed by atoms with van der Waals surface area (Å²) in [5, 5.41) is 0.647. The highest BCUT2D eigenvalue weighted by Crippen LogP contribution is 2.31. The number of rotatable bonds is 7. The van der Waals surface area contributed by atoms with E-state index in [2.05, 4.69) is 11.1 Å². The Morgan fingerprint density at radius 2 is 1.80 bits per heavy atom. The lowest BCUT2D eigenvalue weighted by Crippen LogP contribution is -2.30. The third-order valence-electron chi connectivity index (χ3n) is 4.62. The van der Waals surface area contributed by atoms with E-state index in [9.17, 15) is 9.59 Å². The van der Waals surface area contributed by atoms with Gasteiger partial charge in [-0.2, -0.15) is 0 Å². The molecule has 0 bridgehead atoms. The van der Waals surface area contributed by atoms with Crippen LogP contribution < -0.4 is 9.64 Å². The Morgan fingerprint density at radius 3 is 2.40 bits per heavy atom. The molecule has 5 nitrogen and oxygen atoms in total. The third-order valence-corrected chi connectivity index (χ3v) is 5.64. The topological polar surface area (TPSA) is 59.0 Å². The van der Waals surface area contributed by atoms with E-state index < -0.39 is 0 Å². The van der Waals surface area contributed by atoms with Crippen molar-refractivity contribution in [3.8, 4) is 5.75 Å². The van der Waals surface area contributed by atoms with Gasteiger partial charge >= 0.3 is 0 Å². The quantitative estimate of drug-likeness (QED) is 0.457. The number of aliphatic imine (C=N–C) groups is 1. The molecule has 30 heavy (non-hydrogen) atoms. The van der Waals surface area contributed by atoms with E-state index in [0.29, 0.717) is 17.3 Å². The van der Waals surface area contributed by atoms with Gasteiger partial charge in [0.25, 0.3) is 5.91 Å². The van der Waals surface area contributed by atoms with Gasteiger partial charge in [-0.25, -0.2) is 4.99 Å². The zero-order chi connectivity index (χ0) is 21.7. The van der Waals surface area contributed by atoms with Gasteiger partial charge in [-0.15, -0.1) is 0 Å². The van der Waals surface area contributed by atoms with Gasteiger partial charge in [0, 0.05) is 12.2 Å². The SMILES string of the molecule is COc1ccc(/C=C2\N=C(SCCCC(C)=O)N(c3cc(C)cc(C)c3)C2=O)cc1. The zero-order valence-corrected chi connectivity index (χ0v) is 18.6. The number of anilines is 1. The van der Waals surface area contributed by atoms with E-state index in [1.807, 2.05) is 50.2 Å². The van der Waals surface area contributed by atoms with Crippen molar-refractivity contribution in [1.29, 1.82) is 0 Å². The predicted molar refractivity (Wildman–Crippen MR) is 124 cm³/mol. The van der Waals surface area contributed by atoms with Crippen molar-refractivity contribution in [2.45, 2.75) is 33.6 Å². The molecule has 0 fully saturated rings. The number of thioether (sulfide) groups is 1. The van der Waals surface area contributed by atoms with Gasteiger partial charge < -0.3 is 9.53 Å². The molecule has 1 aliphatic rings. The number of amidine groups is 1. The number of hydrogen-bond donors (Lipinski definition) is 0. The van der Waals surface area contributed by atoms with Crippen molar-refractivity contribution >= 4 is 40.4 Å². The van der Waals surface area contributed by atoms with Crippen molar-refractivity contribution in [3.05, 3.63) is 64.9 Å². The van der Waals surface area contributed by atoms with Crippen LogP contribution in [0.1, 0.15) is 36.5 Å². The van der Waals surface area contributed by atoms with Crippen LogP contribution in [0.5, 0.6) is 5.75 Å². The average Bonchev–Trinajstić information content (AvgIpc) is 3.00. The highest BCUT2D eigenvalue weighted by atomic mass is 32.2. The standard InChI is InChI=1S/C24H26N2O3S/c1-16-12-17(2)14-20(13-16)26-23(28)22(15-19-7-9-21(29-4)10-8-19)25-24(26)30-11-5-6-18(3)27/h7-10,12-15H,5-6,11H2,1-4H3/b22-15-. The minimum atomic E-state index is -0.148. The third kappa shape index (κ3) is 5.39. The van der Waals surface area contributed by atoms with E-state index in [1.54, 1.807) is 25.0 Å². The first-order valence-electron chi connectivity index (χ1n) is 9.87. The van der Waals surface area contributed by atoms with E-state index in [-0.39, 0.29) is 11.7 Å². The van der Waals surface area contributed by atoms with Crippen LogP contribution in [-0.2, 0) is 9.59 Å². The first kappa shape index (κ1) is 21.8. The zero-order valence-electron chi connectivity index (χ0n) is 17.8. The summed E-state index contributed by atoms with van der Waals surface area (Å²) < 4.78 is 5.20. The number of Topliss-reactive ketones (excluding diaryl/α,β-unsaturated/α-hetero) is 1. The highest BCUT2D eigenvalue weighted by Gasteiger charge is 2.32. The molecule has 0 atom stereocenters. The summed E-state index contributed by atoms with van der Waals surface area (Å²) in [7, 11) is 1.62. The van der Waals surface area contributed by atoms with Crippen molar-refractivity contribution in [3.63, 3.8) is 0 Å². The molecule has 0 radical (unpaired) electrons. The normalized spacial score (nSPS) is 14.9. The van der Waals surface area contributed by atoms with E-state index in [1.165, 1.54) is 11.8 Å². The second kappa shape index (κ2) is 9.76. The molecule has 0 saturated carbocycles. The first-order chi connectivity index (χ1) is 14.4. The lowest BCUT2D eigenvalue weighted by Gasteiger charge is -2.19. The smallest absolute Gasteiger partial charge is 0.283 e. The molecule has 1 amide bonds. The van der Waals surface area contributed by atoms with Gasteiger partial charge in [-0.05, 0) is 74.2 Å². The number of nitrogens with zero attached hydrogens (tertiary/aromatic N) is 2. The van der Waals surface area contributed by atoms with Crippen molar-refractivity contribution in [1.82, 2.24) is 0 Å². The Hall–Kier alpha value is -2.86. The lowest BCUT2D eigenvalue weighted by atomic mass is 10.1. The molecule has 0 aromatic heterocycles. The molecule has 0 aliphatic carbocycles. The van der Waals surface area contributed by atoms with Crippen LogP contribution in [0, 0.1) is 13.8 Å². The van der Waals surface area contributed by atoms with E-state index in [4.69, 9.17) is 4.74 Å². The average molecular weight is 423 g/mol. The number of ether oxygens (including phenoxy) is 1. The van der Waals surface area contributed by atoms with Gasteiger partial charge in [-0.3, -0.25) is 9.69 Å². The fraction of sp³-hybridized carbons (Fsp3) is 0.292. The maximum atomic E-state index is 13.3. The Labute approximate surface area is 181 Å². The van der Waals surface area contributed by atoms with Gasteiger partial charge in [0.15, 0.2) is 5.17 Å². The number of carbonyl (C=O) groups excluding carboxylic acids is 2. The van der Waals surface area contributed by atoms with Crippen LogP contribution in [0.25, 0.3) is 6.08 Å². The molecule has 0 spiro atoms. The first-order valence-corrected chi connectivity index (χ1v) is 10.9. The van der Waals surface area contributed by atoms with Crippen LogP contribution in [0.4, 0.5) is 5.69 Å². The Kier molecular flexibility index (Phi) is 7.11. The molecule has 0 N–H and O–H groups in total. The molecule has 1 aliphatic heterocycles. The molecule has 1 heterocycles. The predicted octanol–water partition coefficient (Wildman–Crippen LogP) is 5.16. The number of hydrogen-bond acceptors (Lipinski definition) is 5. The van der Waals surface area contributed by atoms with Gasteiger partial charge in [0.2, 0.25) is 0 Å². The van der Waals surface area contributed by atoms with Crippen LogP contribution in [0.15, 0.2) is 53.2 Å². The molecular weight excluding hydrogens is 396 g/mol. The molecule has 0 saturated heterocycles. The number of ketones is 1. The fourth-order valence-corrected chi connectivity index (χ4v) is 4.19. The largest absolute Gasteiger partial charge is 0.497 e. The second-order valence-corrected chi connectivity index (χ2v) is 8.40. The second-order valence-electron chi connectivity index (χ2n) is 7.34. The van der Waals surface area contributed by atoms with Crippen molar-refractivity contribution in [2.75, 3.05) is 17.8 Å². The Morgan fingerprint density at radius 1 is 1.13 bits per heavy atom. The summed E-state index contributed by atoms with van der Waals surface area (Å²) >= 11 is 1.51. The minimum absolute atomic E-state index is 0.148. The Bertz CT molecular complexity index is 989. The fourth-order valence-electron chi connectivity index (χ4n) is 3.24. The molecular formula is C24H26N2O3S. The number of carbonyl (C=O) groups is 2. The summed E-state index contributed by atoms with van der Waals surface area (Å²) in [5.74, 6) is 1.51. The summed E-state index contributed by atoms with van der Waals surface area (Å²) in [6.07, 6.45) is 3.08. The minimum Gasteiger partial charge on any atom is -0.497 e. The molecule has 3 rings (SSSR count). The number of aryl methyl sites for hydroxylation is 2. The number of amides is 1. The van der Waals surface area contributed by atoms with Crippen molar-refractivity contribution < 1.29 is 14.3 Å². The molecule has 6 heteroatoms. The summed E-state index contributed by atoms with van der Waals surface area (Å²) in [5.41, 5.74) is 4.27. The number of methoxy groups -OCH3 is 1. The van der Waals surface area contributed by atoms with Gasteiger partial charge in [-0.1, -0.05) is 30.0 Å². The van der Waals surface area contributed by atoms with Crippen LogP contribution in [-0.4, -0.2) is 29.7 Å². The van der Waals surface area contributed by atoms with Crippen molar-refractivity contribution in [2.24, 2.45) is 4.99 Å². The van der Waals surface area contributed by atoms with E-state index in [0.717, 1.165) is 40.3 Å². The molecule has 2 aromatic rings. The molecule has 0 unspecified atom stereocenters.